The molecule has 43 heavy (non-hydrogen) atoms. The Hall–Kier alpha value is -4.37. The van der Waals surface area contributed by atoms with E-state index in [1.165, 1.54) is 17.0 Å². The number of carbonyl (C=O) groups is 1. The van der Waals surface area contributed by atoms with Crippen LogP contribution in [0.15, 0.2) is 87.4 Å². The third kappa shape index (κ3) is 5.82. The SMILES string of the molecule is CCCCc1[nH]c(=O)c(S(=O)(=O)c2ccc(-c3ccccc3C(=O)N(C)C)cc2)c(O)c1N1CCCCc2ccccc21. The molecule has 1 aliphatic rings. The Labute approximate surface area is 252 Å². The zero-order valence-electron chi connectivity index (χ0n) is 24.8. The van der Waals surface area contributed by atoms with Gasteiger partial charge in [-0.05, 0) is 73.1 Å². The van der Waals surface area contributed by atoms with Crippen molar-refractivity contribution in [2.75, 3.05) is 25.5 Å². The first-order valence-electron chi connectivity index (χ1n) is 14.6. The number of aromatic nitrogens is 1. The third-order valence-electron chi connectivity index (χ3n) is 7.91. The van der Waals surface area contributed by atoms with Crippen molar-refractivity contribution in [1.29, 1.82) is 0 Å². The maximum atomic E-state index is 14.0. The molecule has 224 valence electrons. The molecule has 0 bridgehead atoms. The Balaban J connectivity index is 1.62. The van der Waals surface area contributed by atoms with Gasteiger partial charge in [-0.25, -0.2) is 8.42 Å². The molecule has 0 radical (unpaired) electrons. The molecule has 5 rings (SSSR count). The standard InChI is InChI=1S/C34H37N3O5S/c1-4-5-16-28-30(37-22-11-10-13-24-12-6-9-17-29(24)37)31(38)32(33(39)35-28)43(41,42)25-20-18-23(19-21-25)26-14-7-8-15-27(26)34(40)36(2)3/h6-9,12,14-15,17-21H,4-5,10-11,13,16,22H2,1-3H3,(H2,35,38,39). The van der Waals surface area contributed by atoms with Crippen molar-refractivity contribution >= 4 is 27.1 Å². The highest BCUT2D eigenvalue weighted by Crippen LogP contribution is 2.42. The lowest BCUT2D eigenvalue weighted by molar-refractivity contribution is 0.0828. The molecule has 4 aromatic rings. The molecule has 1 amide bonds. The Morgan fingerprint density at radius 1 is 0.977 bits per heavy atom. The second kappa shape index (κ2) is 12.5. The van der Waals surface area contributed by atoms with Crippen LogP contribution >= 0.6 is 0 Å². The Kier molecular flexibility index (Phi) is 8.73. The molecule has 9 heteroatoms. The van der Waals surface area contributed by atoms with Crippen molar-refractivity contribution in [3.05, 3.63) is 100.0 Å². The van der Waals surface area contributed by atoms with Crippen LogP contribution in [0.4, 0.5) is 11.4 Å². The lowest BCUT2D eigenvalue weighted by Gasteiger charge is -2.28. The highest BCUT2D eigenvalue weighted by Gasteiger charge is 2.32. The summed E-state index contributed by atoms with van der Waals surface area (Å²) < 4.78 is 28.0. The monoisotopic (exact) mass is 599 g/mol. The van der Waals surface area contributed by atoms with Crippen LogP contribution < -0.4 is 10.5 Å². The smallest absolute Gasteiger partial charge is 0.271 e. The van der Waals surface area contributed by atoms with E-state index in [4.69, 9.17) is 0 Å². The lowest BCUT2D eigenvalue weighted by Crippen LogP contribution is -2.26. The minimum absolute atomic E-state index is 0.128. The van der Waals surface area contributed by atoms with Crippen molar-refractivity contribution < 1.29 is 18.3 Å². The first kappa shape index (κ1) is 30.1. The number of carbonyl (C=O) groups excluding carboxylic acids is 1. The second-order valence-electron chi connectivity index (χ2n) is 11.1. The Morgan fingerprint density at radius 3 is 2.40 bits per heavy atom. The van der Waals surface area contributed by atoms with Crippen molar-refractivity contribution in [2.24, 2.45) is 0 Å². The van der Waals surface area contributed by atoms with Crippen LogP contribution in [0.3, 0.4) is 0 Å². The van der Waals surface area contributed by atoms with E-state index in [1.807, 2.05) is 42.2 Å². The number of sulfone groups is 1. The zero-order chi connectivity index (χ0) is 30.7. The fraction of sp³-hybridized carbons (Fsp3) is 0.294. The molecule has 0 saturated carbocycles. The molecule has 0 spiro atoms. The average Bonchev–Trinajstić information content (AvgIpc) is 3.22. The summed E-state index contributed by atoms with van der Waals surface area (Å²) in [5.41, 5.74) is 3.83. The van der Waals surface area contributed by atoms with Gasteiger partial charge in [0.25, 0.3) is 11.5 Å². The quantitative estimate of drug-likeness (QED) is 0.253. The van der Waals surface area contributed by atoms with Gasteiger partial charge in [0.1, 0.15) is 5.69 Å². The van der Waals surface area contributed by atoms with E-state index in [1.54, 1.807) is 44.4 Å². The summed E-state index contributed by atoms with van der Waals surface area (Å²) in [6.07, 6.45) is 4.82. The molecule has 2 heterocycles. The number of H-pyrrole nitrogens is 1. The highest BCUT2D eigenvalue weighted by molar-refractivity contribution is 7.91. The molecule has 0 aliphatic carbocycles. The van der Waals surface area contributed by atoms with Gasteiger partial charge in [-0.1, -0.05) is 61.9 Å². The van der Waals surface area contributed by atoms with E-state index >= 15 is 0 Å². The predicted octanol–water partition coefficient (Wildman–Crippen LogP) is 6.10. The van der Waals surface area contributed by atoms with Crippen LogP contribution in [0.2, 0.25) is 0 Å². The predicted molar refractivity (Wildman–Crippen MR) is 169 cm³/mol. The van der Waals surface area contributed by atoms with Crippen LogP contribution in [0.5, 0.6) is 5.75 Å². The molecule has 3 aromatic carbocycles. The molecule has 0 fully saturated rings. The van der Waals surface area contributed by atoms with Crippen LogP contribution in [-0.2, 0) is 22.7 Å². The summed E-state index contributed by atoms with van der Waals surface area (Å²) in [7, 11) is -1.08. The molecular formula is C34H37N3O5S. The van der Waals surface area contributed by atoms with Crippen LogP contribution in [-0.4, -0.2) is 50.0 Å². The number of hydrogen-bond donors (Lipinski definition) is 2. The van der Waals surface area contributed by atoms with Gasteiger partial charge in [0, 0.05) is 37.6 Å². The highest BCUT2D eigenvalue weighted by atomic mass is 32.2. The molecule has 0 saturated heterocycles. The van der Waals surface area contributed by atoms with Gasteiger partial charge in [0.2, 0.25) is 9.84 Å². The summed E-state index contributed by atoms with van der Waals surface area (Å²) >= 11 is 0. The van der Waals surface area contributed by atoms with E-state index in [9.17, 15) is 23.1 Å². The van der Waals surface area contributed by atoms with E-state index < -0.39 is 26.0 Å². The van der Waals surface area contributed by atoms with E-state index in [0.29, 0.717) is 41.0 Å². The molecule has 8 nitrogen and oxygen atoms in total. The summed E-state index contributed by atoms with van der Waals surface area (Å²) in [6, 6.07) is 21.1. The van der Waals surface area contributed by atoms with Gasteiger partial charge in [0.05, 0.1) is 4.90 Å². The number of nitrogens with one attached hydrogen (secondary N) is 1. The summed E-state index contributed by atoms with van der Waals surface area (Å²) in [5, 5.41) is 11.7. The number of unbranched alkanes of at least 4 members (excludes halogenated alkanes) is 1. The zero-order valence-corrected chi connectivity index (χ0v) is 25.6. The number of hydrogen-bond acceptors (Lipinski definition) is 6. The number of amides is 1. The van der Waals surface area contributed by atoms with E-state index in [-0.39, 0.29) is 10.8 Å². The first-order valence-corrected chi connectivity index (χ1v) is 16.1. The van der Waals surface area contributed by atoms with Crippen LogP contribution in [0.1, 0.15) is 54.2 Å². The number of rotatable bonds is 8. The number of aryl methyl sites for hydroxylation is 2. The second-order valence-corrected chi connectivity index (χ2v) is 13.0. The summed E-state index contributed by atoms with van der Waals surface area (Å²) in [6.45, 7) is 2.62. The number of pyridine rings is 1. The molecule has 2 N–H and O–H groups in total. The summed E-state index contributed by atoms with van der Waals surface area (Å²) in [5.74, 6) is -0.702. The number of fused-ring (bicyclic) bond motifs is 1. The minimum atomic E-state index is -4.42. The van der Waals surface area contributed by atoms with Gasteiger partial charge in [-0.15, -0.1) is 0 Å². The fourth-order valence-corrected chi connectivity index (χ4v) is 7.08. The van der Waals surface area contributed by atoms with Crippen LogP contribution in [0.25, 0.3) is 11.1 Å². The van der Waals surface area contributed by atoms with Crippen molar-refractivity contribution in [2.45, 2.75) is 55.2 Å². The van der Waals surface area contributed by atoms with E-state index in [2.05, 4.69) is 4.98 Å². The van der Waals surface area contributed by atoms with E-state index in [0.717, 1.165) is 43.4 Å². The molecular weight excluding hydrogens is 562 g/mol. The minimum Gasteiger partial charge on any atom is -0.504 e. The Bertz CT molecular complexity index is 1810. The van der Waals surface area contributed by atoms with Gasteiger partial charge < -0.3 is 19.9 Å². The average molecular weight is 600 g/mol. The maximum absolute atomic E-state index is 14.0. The number of nitrogens with zero attached hydrogens (tertiary/aromatic N) is 2. The van der Waals surface area contributed by atoms with Crippen molar-refractivity contribution in [3.8, 4) is 16.9 Å². The molecule has 1 aromatic heterocycles. The number of aromatic hydroxyl groups is 1. The van der Waals surface area contributed by atoms with Gasteiger partial charge >= 0.3 is 0 Å². The summed E-state index contributed by atoms with van der Waals surface area (Å²) in [4.78, 5) is 31.6. The lowest BCUT2D eigenvalue weighted by atomic mass is 9.99. The van der Waals surface area contributed by atoms with Gasteiger partial charge in [-0.3, -0.25) is 9.59 Å². The number of benzene rings is 3. The van der Waals surface area contributed by atoms with Crippen molar-refractivity contribution in [3.63, 3.8) is 0 Å². The maximum Gasteiger partial charge on any atom is 0.271 e. The fourth-order valence-electron chi connectivity index (χ4n) is 5.70. The number of anilines is 2. The van der Waals surface area contributed by atoms with Gasteiger partial charge in [-0.2, -0.15) is 0 Å². The molecule has 0 unspecified atom stereocenters. The number of aromatic amines is 1. The van der Waals surface area contributed by atoms with Crippen molar-refractivity contribution in [1.82, 2.24) is 9.88 Å². The number of para-hydroxylation sites is 1. The Morgan fingerprint density at radius 2 is 1.67 bits per heavy atom. The molecule has 1 aliphatic heterocycles. The third-order valence-corrected chi connectivity index (χ3v) is 9.72. The topological polar surface area (TPSA) is 111 Å². The van der Waals surface area contributed by atoms with Crippen LogP contribution in [0, 0.1) is 0 Å². The first-order chi connectivity index (χ1) is 20.6. The molecule has 0 atom stereocenters. The largest absolute Gasteiger partial charge is 0.504 e. The van der Waals surface area contributed by atoms with Gasteiger partial charge in [0.15, 0.2) is 10.6 Å². The normalized spacial score (nSPS) is 13.3.